The van der Waals surface area contributed by atoms with Crippen LogP contribution in [0.1, 0.15) is 37.1 Å². The molecule has 0 aliphatic rings. The molecule has 0 radical (unpaired) electrons. The number of furan rings is 1. The van der Waals surface area contributed by atoms with E-state index in [0.717, 1.165) is 40.7 Å². The Balaban J connectivity index is 2.37. The highest BCUT2D eigenvalue weighted by molar-refractivity contribution is 5.82. The van der Waals surface area contributed by atoms with Crippen molar-refractivity contribution < 1.29 is 8.81 Å². The summed E-state index contributed by atoms with van der Waals surface area (Å²) in [6.07, 6.45) is 1.87. The molecule has 102 valence electrons. The van der Waals surface area contributed by atoms with E-state index in [4.69, 9.17) is 4.42 Å². The van der Waals surface area contributed by atoms with Crippen molar-refractivity contribution in [3.8, 4) is 0 Å². The number of aryl methyl sites for hydroxylation is 1. The first-order valence-electron chi connectivity index (χ1n) is 6.53. The number of hydrogen-bond donors (Lipinski definition) is 1. The van der Waals surface area contributed by atoms with E-state index in [9.17, 15) is 4.39 Å². The maximum Gasteiger partial charge on any atom is 0.134 e. The van der Waals surface area contributed by atoms with Crippen molar-refractivity contribution in [1.29, 1.82) is 0 Å². The second kappa shape index (κ2) is 5.57. The highest BCUT2D eigenvalue weighted by atomic mass is 19.1. The van der Waals surface area contributed by atoms with Crippen molar-refractivity contribution >= 4 is 11.0 Å². The van der Waals surface area contributed by atoms with Crippen molar-refractivity contribution in [1.82, 2.24) is 5.32 Å². The van der Waals surface area contributed by atoms with E-state index < -0.39 is 0 Å². The van der Waals surface area contributed by atoms with Crippen LogP contribution in [0.4, 0.5) is 4.39 Å². The Kier molecular flexibility index (Phi) is 4.05. The van der Waals surface area contributed by atoms with E-state index in [1.165, 1.54) is 12.1 Å². The highest BCUT2D eigenvalue weighted by Crippen LogP contribution is 2.32. The third-order valence-corrected chi connectivity index (χ3v) is 3.46. The number of allylic oxidation sites excluding steroid dienone is 1. The van der Waals surface area contributed by atoms with Crippen LogP contribution in [0.2, 0.25) is 0 Å². The van der Waals surface area contributed by atoms with E-state index in [2.05, 4.69) is 11.9 Å². The van der Waals surface area contributed by atoms with Gasteiger partial charge in [0, 0.05) is 10.9 Å². The Morgan fingerprint density at radius 1 is 1.47 bits per heavy atom. The summed E-state index contributed by atoms with van der Waals surface area (Å²) in [7, 11) is 1.91. The molecule has 0 saturated heterocycles. The van der Waals surface area contributed by atoms with Gasteiger partial charge in [-0.3, -0.25) is 0 Å². The Hall–Kier alpha value is -1.61. The first kappa shape index (κ1) is 13.8. The number of rotatable bonds is 5. The largest absolute Gasteiger partial charge is 0.459 e. The molecule has 0 saturated carbocycles. The molecule has 1 atom stereocenters. The quantitative estimate of drug-likeness (QED) is 0.802. The fraction of sp³-hybridized carbons (Fsp3) is 0.375. The van der Waals surface area contributed by atoms with Crippen LogP contribution in [0.25, 0.3) is 11.0 Å². The maximum atomic E-state index is 13.3. The van der Waals surface area contributed by atoms with Crippen LogP contribution in [0.5, 0.6) is 0 Å². The van der Waals surface area contributed by atoms with Crippen molar-refractivity contribution in [2.75, 3.05) is 7.05 Å². The molecule has 1 unspecified atom stereocenters. The van der Waals surface area contributed by atoms with Crippen molar-refractivity contribution in [3.63, 3.8) is 0 Å². The summed E-state index contributed by atoms with van der Waals surface area (Å²) in [6, 6.07) is 4.78. The van der Waals surface area contributed by atoms with Crippen LogP contribution in [-0.2, 0) is 0 Å². The minimum absolute atomic E-state index is 0.132. The minimum Gasteiger partial charge on any atom is -0.459 e. The lowest BCUT2D eigenvalue weighted by Gasteiger charge is -2.14. The normalized spacial score (nSPS) is 12.8. The molecular weight excluding hydrogens is 241 g/mol. The summed E-state index contributed by atoms with van der Waals surface area (Å²) >= 11 is 0. The number of nitrogens with one attached hydrogen (secondary N) is 1. The van der Waals surface area contributed by atoms with Crippen LogP contribution in [0, 0.1) is 12.7 Å². The van der Waals surface area contributed by atoms with Crippen molar-refractivity contribution in [2.45, 2.75) is 32.7 Å². The van der Waals surface area contributed by atoms with Gasteiger partial charge in [-0.1, -0.05) is 5.57 Å². The Bertz CT molecular complexity index is 600. The summed E-state index contributed by atoms with van der Waals surface area (Å²) in [5.74, 6) is 0.662. The van der Waals surface area contributed by atoms with Crippen LogP contribution in [-0.4, -0.2) is 7.05 Å². The third-order valence-electron chi connectivity index (χ3n) is 3.46. The second-order valence-electron chi connectivity index (χ2n) is 5.07. The van der Waals surface area contributed by atoms with E-state index in [0.29, 0.717) is 0 Å². The van der Waals surface area contributed by atoms with Gasteiger partial charge in [0.2, 0.25) is 0 Å². The summed E-state index contributed by atoms with van der Waals surface area (Å²) < 4.78 is 19.2. The lowest BCUT2D eigenvalue weighted by molar-refractivity contribution is 0.430. The van der Waals surface area contributed by atoms with Crippen LogP contribution < -0.4 is 5.32 Å². The maximum absolute atomic E-state index is 13.3. The molecule has 3 heteroatoms. The molecule has 2 rings (SSSR count). The fourth-order valence-corrected chi connectivity index (χ4v) is 2.34. The van der Waals surface area contributed by atoms with Gasteiger partial charge in [0.05, 0.1) is 6.04 Å². The third kappa shape index (κ3) is 2.87. The van der Waals surface area contributed by atoms with Gasteiger partial charge in [-0.05, 0) is 51.9 Å². The van der Waals surface area contributed by atoms with Gasteiger partial charge < -0.3 is 9.73 Å². The Morgan fingerprint density at radius 3 is 2.84 bits per heavy atom. The smallest absolute Gasteiger partial charge is 0.134 e. The summed E-state index contributed by atoms with van der Waals surface area (Å²) in [4.78, 5) is 0. The minimum atomic E-state index is -0.231. The first-order valence-corrected chi connectivity index (χ1v) is 6.53. The molecule has 0 amide bonds. The molecule has 2 aromatic rings. The molecule has 0 spiro atoms. The van der Waals surface area contributed by atoms with Gasteiger partial charge >= 0.3 is 0 Å². The number of hydrogen-bond acceptors (Lipinski definition) is 2. The molecule has 19 heavy (non-hydrogen) atoms. The SMILES string of the molecule is C=C(C)CCC(NC)c1oc2ccc(F)cc2c1C. The molecule has 1 heterocycles. The van der Waals surface area contributed by atoms with Crippen LogP contribution in [0.15, 0.2) is 34.8 Å². The average Bonchev–Trinajstić information content (AvgIpc) is 2.68. The zero-order valence-corrected chi connectivity index (χ0v) is 11.7. The van der Waals surface area contributed by atoms with Crippen molar-refractivity contribution in [3.05, 3.63) is 47.5 Å². The van der Waals surface area contributed by atoms with Gasteiger partial charge in [-0.2, -0.15) is 0 Å². The number of benzene rings is 1. The second-order valence-corrected chi connectivity index (χ2v) is 5.07. The molecule has 0 aliphatic heterocycles. The molecule has 0 fully saturated rings. The van der Waals surface area contributed by atoms with Gasteiger partial charge in [0.25, 0.3) is 0 Å². The summed E-state index contributed by atoms with van der Waals surface area (Å²) in [5, 5.41) is 4.11. The molecule has 2 nitrogen and oxygen atoms in total. The van der Waals surface area contributed by atoms with E-state index in [1.54, 1.807) is 6.07 Å². The van der Waals surface area contributed by atoms with E-state index in [1.807, 2.05) is 20.9 Å². The van der Waals surface area contributed by atoms with Gasteiger partial charge in [-0.25, -0.2) is 4.39 Å². The lowest BCUT2D eigenvalue weighted by Crippen LogP contribution is -2.16. The zero-order chi connectivity index (χ0) is 14.0. The topological polar surface area (TPSA) is 25.2 Å². The van der Waals surface area contributed by atoms with Gasteiger partial charge in [0.15, 0.2) is 0 Å². The predicted octanol–water partition coefficient (Wildman–Crippen LogP) is 4.50. The molecule has 1 N–H and O–H groups in total. The molecular formula is C16H20FNO. The highest BCUT2D eigenvalue weighted by Gasteiger charge is 2.19. The molecule has 0 bridgehead atoms. The van der Waals surface area contributed by atoms with Crippen LogP contribution >= 0.6 is 0 Å². The lowest BCUT2D eigenvalue weighted by atomic mass is 10.0. The zero-order valence-electron chi connectivity index (χ0n) is 11.7. The fourth-order valence-electron chi connectivity index (χ4n) is 2.34. The Labute approximate surface area is 113 Å². The van der Waals surface area contributed by atoms with E-state index >= 15 is 0 Å². The van der Waals surface area contributed by atoms with Crippen LogP contribution in [0.3, 0.4) is 0 Å². The predicted molar refractivity (Wildman–Crippen MR) is 76.8 cm³/mol. The number of fused-ring (bicyclic) bond motifs is 1. The first-order chi connectivity index (χ1) is 9.02. The van der Waals surface area contributed by atoms with Gasteiger partial charge in [0.1, 0.15) is 17.2 Å². The average molecular weight is 261 g/mol. The molecule has 1 aromatic carbocycles. The van der Waals surface area contributed by atoms with Gasteiger partial charge in [-0.15, -0.1) is 6.58 Å². The van der Waals surface area contributed by atoms with Crippen molar-refractivity contribution in [2.24, 2.45) is 0 Å². The number of halogens is 1. The standard InChI is InChI=1S/C16H20FNO/c1-10(2)5-7-14(18-4)16-11(3)13-9-12(17)6-8-15(13)19-16/h6,8-9,14,18H,1,5,7H2,2-4H3. The monoisotopic (exact) mass is 261 g/mol. The Morgan fingerprint density at radius 2 is 2.21 bits per heavy atom. The molecule has 1 aromatic heterocycles. The van der Waals surface area contributed by atoms with E-state index in [-0.39, 0.29) is 11.9 Å². The summed E-state index contributed by atoms with van der Waals surface area (Å²) in [5.41, 5.74) is 2.90. The summed E-state index contributed by atoms with van der Waals surface area (Å²) in [6.45, 7) is 7.92. The molecule has 0 aliphatic carbocycles.